The van der Waals surface area contributed by atoms with E-state index in [1.807, 2.05) is 12.1 Å². The topological polar surface area (TPSA) is 85.8 Å². The zero-order valence-electron chi connectivity index (χ0n) is 10.1. The Bertz CT molecular complexity index is 549. The van der Waals surface area contributed by atoms with Crippen LogP contribution in [0.2, 0.25) is 0 Å². The van der Waals surface area contributed by atoms with Crippen LogP contribution < -0.4 is 11.1 Å². The number of nitrogens with one attached hydrogen (secondary N) is 1. The summed E-state index contributed by atoms with van der Waals surface area (Å²) in [6, 6.07) is 5.27. The van der Waals surface area contributed by atoms with Crippen LogP contribution >= 0.6 is 0 Å². The van der Waals surface area contributed by atoms with Crippen molar-refractivity contribution in [2.24, 2.45) is 5.73 Å². The van der Waals surface area contributed by atoms with Crippen LogP contribution in [-0.2, 0) is 0 Å². The molecule has 0 unspecified atom stereocenters. The Kier molecular flexibility index (Phi) is 3.57. The summed E-state index contributed by atoms with van der Waals surface area (Å²) in [5, 5.41) is 7.28. The van der Waals surface area contributed by atoms with Crippen LogP contribution in [0.4, 0.5) is 5.82 Å². The smallest absolute Gasteiger partial charge is 0.269 e. The van der Waals surface area contributed by atoms with E-state index in [1.54, 1.807) is 23.1 Å². The van der Waals surface area contributed by atoms with E-state index in [9.17, 15) is 4.79 Å². The molecule has 94 valence electrons. The molecule has 0 fully saturated rings. The number of aromatic nitrogens is 3. The van der Waals surface area contributed by atoms with E-state index in [-0.39, 0.29) is 5.69 Å². The standard InChI is InChI=1S/C12H15N5O/c1-2-5-14-11-8-9(3-6-15-11)17-7-4-10(16-17)12(13)18/h3-4,6-8H,2,5H2,1H3,(H2,13,18)(H,14,15). The van der Waals surface area contributed by atoms with Gasteiger partial charge in [0, 0.05) is 25.0 Å². The van der Waals surface area contributed by atoms with E-state index in [0.29, 0.717) is 0 Å². The van der Waals surface area contributed by atoms with E-state index in [4.69, 9.17) is 5.73 Å². The van der Waals surface area contributed by atoms with E-state index in [0.717, 1.165) is 24.5 Å². The molecule has 6 nitrogen and oxygen atoms in total. The van der Waals surface area contributed by atoms with Crippen LogP contribution in [-0.4, -0.2) is 27.2 Å². The average molecular weight is 245 g/mol. The summed E-state index contributed by atoms with van der Waals surface area (Å²) in [4.78, 5) is 15.2. The molecule has 0 saturated carbocycles. The highest BCUT2D eigenvalue weighted by Gasteiger charge is 2.06. The maximum absolute atomic E-state index is 11.0. The first-order valence-electron chi connectivity index (χ1n) is 5.76. The molecule has 3 N–H and O–H groups in total. The number of pyridine rings is 1. The number of carbonyl (C=O) groups excluding carboxylic acids is 1. The van der Waals surface area contributed by atoms with E-state index in [1.165, 1.54) is 0 Å². The first kappa shape index (κ1) is 12.1. The van der Waals surface area contributed by atoms with Gasteiger partial charge >= 0.3 is 0 Å². The van der Waals surface area contributed by atoms with Gasteiger partial charge in [-0.05, 0) is 18.6 Å². The quantitative estimate of drug-likeness (QED) is 0.828. The summed E-state index contributed by atoms with van der Waals surface area (Å²) in [5.74, 6) is 0.248. The number of nitrogens with zero attached hydrogens (tertiary/aromatic N) is 3. The number of amides is 1. The van der Waals surface area contributed by atoms with Crippen molar-refractivity contribution in [2.75, 3.05) is 11.9 Å². The number of rotatable bonds is 5. The Hall–Kier alpha value is -2.37. The molecule has 0 radical (unpaired) electrons. The second-order valence-corrected chi connectivity index (χ2v) is 3.84. The number of nitrogens with two attached hydrogens (primary N) is 1. The molecule has 0 aliphatic carbocycles. The van der Waals surface area contributed by atoms with Crippen molar-refractivity contribution in [3.8, 4) is 5.69 Å². The maximum Gasteiger partial charge on any atom is 0.269 e. The fourth-order valence-electron chi connectivity index (χ4n) is 1.51. The molecule has 2 heterocycles. The second kappa shape index (κ2) is 5.31. The molecule has 0 bridgehead atoms. The summed E-state index contributed by atoms with van der Waals surface area (Å²) in [7, 11) is 0. The predicted molar refractivity (Wildman–Crippen MR) is 68.7 cm³/mol. The van der Waals surface area contributed by atoms with Gasteiger partial charge in [-0.3, -0.25) is 4.79 Å². The summed E-state index contributed by atoms with van der Waals surface area (Å²) in [6.07, 6.45) is 4.41. The minimum absolute atomic E-state index is 0.245. The zero-order valence-corrected chi connectivity index (χ0v) is 10.1. The Morgan fingerprint density at radius 1 is 1.50 bits per heavy atom. The van der Waals surface area contributed by atoms with Crippen LogP contribution in [0.3, 0.4) is 0 Å². The lowest BCUT2D eigenvalue weighted by Crippen LogP contribution is -2.12. The lowest BCUT2D eigenvalue weighted by atomic mass is 10.4. The lowest BCUT2D eigenvalue weighted by Gasteiger charge is -2.06. The maximum atomic E-state index is 11.0. The third-order valence-electron chi connectivity index (χ3n) is 2.41. The number of hydrogen-bond donors (Lipinski definition) is 2. The molecule has 1 amide bonds. The highest BCUT2D eigenvalue weighted by atomic mass is 16.1. The van der Waals surface area contributed by atoms with Crippen molar-refractivity contribution in [3.63, 3.8) is 0 Å². The molecule has 2 rings (SSSR count). The SMILES string of the molecule is CCCNc1cc(-n2ccc(C(N)=O)n2)ccn1. The molecular formula is C12H15N5O. The molecule has 18 heavy (non-hydrogen) atoms. The van der Waals surface area contributed by atoms with Crippen molar-refractivity contribution in [1.29, 1.82) is 0 Å². The third kappa shape index (κ3) is 2.65. The summed E-state index contributed by atoms with van der Waals surface area (Å²) in [5.41, 5.74) is 6.24. The highest BCUT2D eigenvalue weighted by Crippen LogP contribution is 2.11. The van der Waals surface area contributed by atoms with Gasteiger partial charge in [0.2, 0.25) is 0 Å². The van der Waals surface area contributed by atoms with Crippen LogP contribution in [0, 0.1) is 0 Å². The van der Waals surface area contributed by atoms with Gasteiger partial charge in [0.05, 0.1) is 5.69 Å². The lowest BCUT2D eigenvalue weighted by molar-refractivity contribution is 0.0995. The molecule has 0 aliphatic heterocycles. The van der Waals surface area contributed by atoms with E-state index < -0.39 is 5.91 Å². The molecule has 0 aliphatic rings. The number of primary amides is 1. The van der Waals surface area contributed by atoms with Gasteiger partial charge in [-0.1, -0.05) is 6.92 Å². The first-order chi connectivity index (χ1) is 8.70. The van der Waals surface area contributed by atoms with Crippen molar-refractivity contribution < 1.29 is 4.79 Å². The minimum Gasteiger partial charge on any atom is -0.370 e. The number of anilines is 1. The molecular weight excluding hydrogens is 230 g/mol. The molecule has 2 aromatic rings. The van der Waals surface area contributed by atoms with Gasteiger partial charge in [-0.2, -0.15) is 5.10 Å². The van der Waals surface area contributed by atoms with Gasteiger partial charge < -0.3 is 11.1 Å². The van der Waals surface area contributed by atoms with E-state index >= 15 is 0 Å². The van der Waals surface area contributed by atoms with Crippen LogP contribution in [0.15, 0.2) is 30.6 Å². The fraction of sp³-hybridized carbons (Fsp3) is 0.250. The van der Waals surface area contributed by atoms with Gasteiger partial charge in [0.15, 0.2) is 0 Å². The Balaban J connectivity index is 2.23. The molecule has 0 aromatic carbocycles. The van der Waals surface area contributed by atoms with Gasteiger partial charge in [-0.15, -0.1) is 0 Å². The zero-order chi connectivity index (χ0) is 13.0. The van der Waals surface area contributed by atoms with Crippen molar-refractivity contribution >= 4 is 11.7 Å². The van der Waals surface area contributed by atoms with E-state index in [2.05, 4.69) is 22.3 Å². The second-order valence-electron chi connectivity index (χ2n) is 3.84. The highest BCUT2D eigenvalue weighted by molar-refractivity contribution is 5.90. The Labute approximate surface area is 105 Å². The van der Waals surface area contributed by atoms with Crippen molar-refractivity contribution in [2.45, 2.75) is 13.3 Å². The number of carbonyl (C=O) groups is 1. The monoisotopic (exact) mass is 245 g/mol. The molecule has 0 spiro atoms. The van der Waals surface area contributed by atoms with Gasteiger partial charge in [-0.25, -0.2) is 9.67 Å². The van der Waals surface area contributed by atoms with Gasteiger partial charge in [0.25, 0.3) is 5.91 Å². The summed E-state index contributed by atoms with van der Waals surface area (Å²) in [6.45, 7) is 2.95. The van der Waals surface area contributed by atoms with Crippen LogP contribution in [0.1, 0.15) is 23.8 Å². The largest absolute Gasteiger partial charge is 0.370 e. The predicted octanol–water partition coefficient (Wildman–Crippen LogP) is 1.19. The molecule has 6 heteroatoms. The number of hydrogen-bond acceptors (Lipinski definition) is 4. The third-order valence-corrected chi connectivity index (χ3v) is 2.41. The van der Waals surface area contributed by atoms with Crippen LogP contribution in [0.25, 0.3) is 5.69 Å². The molecule has 0 atom stereocenters. The van der Waals surface area contributed by atoms with Crippen molar-refractivity contribution in [1.82, 2.24) is 14.8 Å². The first-order valence-corrected chi connectivity index (χ1v) is 5.76. The normalized spacial score (nSPS) is 10.3. The van der Waals surface area contributed by atoms with Crippen molar-refractivity contribution in [3.05, 3.63) is 36.3 Å². The fourth-order valence-corrected chi connectivity index (χ4v) is 1.51. The Morgan fingerprint density at radius 3 is 3.00 bits per heavy atom. The summed E-state index contributed by atoms with van der Waals surface area (Å²) >= 11 is 0. The minimum atomic E-state index is -0.535. The average Bonchev–Trinajstić information content (AvgIpc) is 2.86. The van der Waals surface area contributed by atoms with Gasteiger partial charge in [0.1, 0.15) is 11.5 Å². The summed E-state index contributed by atoms with van der Waals surface area (Å²) < 4.78 is 1.60. The molecule has 2 aromatic heterocycles. The van der Waals surface area contributed by atoms with Crippen LogP contribution in [0.5, 0.6) is 0 Å². The molecule has 0 saturated heterocycles. The Morgan fingerprint density at radius 2 is 2.33 bits per heavy atom.